The van der Waals surface area contributed by atoms with Gasteiger partial charge in [0.2, 0.25) is 0 Å². The third kappa shape index (κ3) is 4.28. The molecule has 3 aromatic rings. The summed E-state index contributed by atoms with van der Waals surface area (Å²) >= 11 is 0. The van der Waals surface area contributed by atoms with E-state index in [1.54, 1.807) is 11.0 Å². The van der Waals surface area contributed by atoms with Crippen LogP contribution in [0.1, 0.15) is 21.5 Å². The van der Waals surface area contributed by atoms with Crippen molar-refractivity contribution in [3.63, 3.8) is 0 Å². The molecule has 3 rings (SSSR count). The second kappa shape index (κ2) is 8.30. The molecule has 0 aliphatic heterocycles. The maximum absolute atomic E-state index is 14.0. The Morgan fingerprint density at radius 3 is 1.88 bits per heavy atom. The highest BCUT2D eigenvalue weighted by Crippen LogP contribution is 2.20. The molecule has 0 spiro atoms. The molecule has 0 heterocycles. The second-order valence-corrected chi connectivity index (χ2v) is 5.98. The molecule has 3 nitrogen and oxygen atoms in total. The highest BCUT2D eigenvalue weighted by atomic mass is 19.1. The van der Waals surface area contributed by atoms with E-state index >= 15 is 0 Å². The number of methoxy groups -OCH3 is 1. The summed E-state index contributed by atoms with van der Waals surface area (Å²) in [6.45, 7) is 0.893. The van der Waals surface area contributed by atoms with Crippen molar-refractivity contribution in [2.75, 3.05) is 7.11 Å². The normalized spacial score (nSPS) is 10.4. The van der Waals surface area contributed by atoms with Gasteiger partial charge in [0.05, 0.1) is 7.11 Å². The Kier molecular flexibility index (Phi) is 5.64. The van der Waals surface area contributed by atoms with E-state index in [1.807, 2.05) is 60.7 Å². The Labute approximate surface area is 152 Å². The molecule has 0 aliphatic rings. The minimum Gasteiger partial charge on any atom is -0.494 e. The molecule has 0 saturated carbocycles. The summed E-state index contributed by atoms with van der Waals surface area (Å²) in [6.07, 6.45) is 0. The Morgan fingerprint density at radius 1 is 0.885 bits per heavy atom. The zero-order valence-corrected chi connectivity index (χ0v) is 14.6. The maximum Gasteiger partial charge on any atom is 0.254 e. The minimum absolute atomic E-state index is 0.124. The average molecular weight is 349 g/mol. The quantitative estimate of drug-likeness (QED) is 0.647. The second-order valence-electron chi connectivity index (χ2n) is 5.98. The van der Waals surface area contributed by atoms with E-state index in [0.29, 0.717) is 18.7 Å². The van der Waals surface area contributed by atoms with Crippen LogP contribution in [0.2, 0.25) is 0 Å². The highest BCUT2D eigenvalue weighted by Gasteiger charge is 2.18. The Bertz CT molecular complexity index is 824. The van der Waals surface area contributed by atoms with Gasteiger partial charge in [-0.1, -0.05) is 60.7 Å². The molecule has 0 N–H and O–H groups in total. The summed E-state index contributed by atoms with van der Waals surface area (Å²) in [7, 11) is 1.40. The largest absolute Gasteiger partial charge is 0.494 e. The molecule has 132 valence electrons. The molecular formula is C22H20FNO2. The van der Waals surface area contributed by atoms with Gasteiger partial charge in [-0.05, 0) is 29.3 Å². The van der Waals surface area contributed by atoms with Crippen molar-refractivity contribution < 1.29 is 13.9 Å². The number of carbonyl (C=O) groups excluding carboxylic acids is 1. The first-order chi connectivity index (χ1) is 12.7. The summed E-state index contributed by atoms with van der Waals surface area (Å²) in [6, 6.07) is 23.8. The van der Waals surface area contributed by atoms with Crippen molar-refractivity contribution in [2.24, 2.45) is 0 Å². The fraction of sp³-hybridized carbons (Fsp3) is 0.136. The molecule has 0 saturated heterocycles. The minimum atomic E-state index is -0.544. The van der Waals surface area contributed by atoms with E-state index in [2.05, 4.69) is 0 Å². The van der Waals surface area contributed by atoms with Gasteiger partial charge in [0, 0.05) is 18.7 Å². The Balaban J connectivity index is 1.88. The summed E-state index contributed by atoms with van der Waals surface area (Å²) in [4.78, 5) is 14.7. The van der Waals surface area contributed by atoms with Crippen LogP contribution in [0, 0.1) is 5.82 Å². The van der Waals surface area contributed by atoms with Crippen molar-refractivity contribution in [2.45, 2.75) is 13.1 Å². The fourth-order valence-corrected chi connectivity index (χ4v) is 2.79. The van der Waals surface area contributed by atoms with Crippen molar-refractivity contribution in [1.29, 1.82) is 0 Å². The average Bonchev–Trinajstić information content (AvgIpc) is 2.68. The van der Waals surface area contributed by atoms with E-state index in [1.165, 1.54) is 19.2 Å². The van der Waals surface area contributed by atoms with Crippen LogP contribution in [-0.4, -0.2) is 17.9 Å². The number of amides is 1. The van der Waals surface area contributed by atoms with E-state index in [-0.39, 0.29) is 11.7 Å². The molecule has 0 aromatic heterocycles. The van der Waals surface area contributed by atoms with Crippen LogP contribution >= 0.6 is 0 Å². The first-order valence-corrected chi connectivity index (χ1v) is 8.38. The molecular weight excluding hydrogens is 329 g/mol. The number of carbonyl (C=O) groups is 1. The third-order valence-electron chi connectivity index (χ3n) is 4.12. The number of rotatable bonds is 6. The van der Waals surface area contributed by atoms with Crippen LogP contribution in [-0.2, 0) is 13.1 Å². The molecule has 0 bridgehead atoms. The lowest BCUT2D eigenvalue weighted by Gasteiger charge is -2.23. The number of hydrogen-bond donors (Lipinski definition) is 0. The topological polar surface area (TPSA) is 29.5 Å². The number of hydrogen-bond acceptors (Lipinski definition) is 2. The Morgan fingerprint density at radius 2 is 1.42 bits per heavy atom. The zero-order valence-electron chi connectivity index (χ0n) is 14.6. The van der Waals surface area contributed by atoms with Crippen LogP contribution in [0.25, 0.3) is 0 Å². The summed E-state index contributed by atoms with van der Waals surface area (Å²) in [5.74, 6) is -0.642. The summed E-state index contributed by atoms with van der Waals surface area (Å²) in [5.41, 5.74) is 2.34. The van der Waals surface area contributed by atoms with E-state index < -0.39 is 5.82 Å². The summed E-state index contributed by atoms with van der Waals surface area (Å²) in [5, 5.41) is 0. The van der Waals surface area contributed by atoms with Crippen LogP contribution in [0.5, 0.6) is 5.75 Å². The molecule has 0 fully saturated rings. The fourth-order valence-electron chi connectivity index (χ4n) is 2.79. The number of nitrogens with zero attached hydrogens (tertiary/aromatic N) is 1. The molecule has 4 heteroatoms. The third-order valence-corrected chi connectivity index (χ3v) is 4.12. The van der Waals surface area contributed by atoms with Crippen LogP contribution < -0.4 is 4.74 Å². The van der Waals surface area contributed by atoms with E-state index in [4.69, 9.17) is 4.74 Å². The predicted octanol–water partition coefficient (Wildman–Crippen LogP) is 4.68. The number of ether oxygens (including phenoxy) is 1. The van der Waals surface area contributed by atoms with Gasteiger partial charge in [0.1, 0.15) is 0 Å². The van der Waals surface area contributed by atoms with Crippen molar-refractivity contribution >= 4 is 5.91 Å². The van der Waals surface area contributed by atoms with Crippen molar-refractivity contribution in [3.8, 4) is 5.75 Å². The van der Waals surface area contributed by atoms with Gasteiger partial charge in [-0.15, -0.1) is 0 Å². The molecule has 26 heavy (non-hydrogen) atoms. The van der Waals surface area contributed by atoms with Gasteiger partial charge in [0.15, 0.2) is 11.6 Å². The molecule has 0 aliphatic carbocycles. The summed E-state index contributed by atoms with van der Waals surface area (Å²) < 4.78 is 19.0. The SMILES string of the molecule is COc1ccc(C(=O)N(Cc2ccccc2)Cc2ccccc2)cc1F. The lowest BCUT2D eigenvalue weighted by atomic mass is 10.1. The van der Waals surface area contributed by atoms with E-state index in [9.17, 15) is 9.18 Å². The first-order valence-electron chi connectivity index (χ1n) is 8.38. The van der Waals surface area contributed by atoms with Crippen LogP contribution in [0.3, 0.4) is 0 Å². The van der Waals surface area contributed by atoms with Crippen LogP contribution in [0.15, 0.2) is 78.9 Å². The molecule has 0 unspecified atom stereocenters. The van der Waals surface area contributed by atoms with E-state index in [0.717, 1.165) is 11.1 Å². The molecule has 0 atom stereocenters. The van der Waals surface area contributed by atoms with Gasteiger partial charge < -0.3 is 9.64 Å². The lowest BCUT2D eigenvalue weighted by Crippen LogP contribution is -2.30. The smallest absolute Gasteiger partial charge is 0.254 e. The molecule has 3 aromatic carbocycles. The van der Waals surface area contributed by atoms with Gasteiger partial charge in [-0.3, -0.25) is 4.79 Å². The van der Waals surface area contributed by atoms with Crippen molar-refractivity contribution in [1.82, 2.24) is 4.90 Å². The molecule has 0 radical (unpaired) electrons. The maximum atomic E-state index is 14.0. The van der Waals surface area contributed by atoms with Crippen molar-refractivity contribution in [3.05, 3.63) is 101 Å². The predicted molar refractivity (Wildman–Crippen MR) is 99.4 cm³/mol. The van der Waals surface area contributed by atoms with Gasteiger partial charge in [0.25, 0.3) is 5.91 Å². The monoisotopic (exact) mass is 349 g/mol. The van der Waals surface area contributed by atoms with Gasteiger partial charge >= 0.3 is 0 Å². The number of benzene rings is 3. The zero-order chi connectivity index (χ0) is 18.4. The van der Waals surface area contributed by atoms with Gasteiger partial charge in [-0.25, -0.2) is 4.39 Å². The Hall–Kier alpha value is -3.14. The first kappa shape index (κ1) is 17.7. The highest BCUT2D eigenvalue weighted by molar-refractivity contribution is 5.94. The van der Waals surface area contributed by atoms with Crippen LogP contribution in [0.4, 0.5) is 4.39 Å². The number of halogens is 1. The standard InChI is InChI=1S/C22H20FNO2/c1-26-21-13-12-19(14-20(21)23)22(25)24(15-17-8-4-2-5-9-17)16-18-10-6-3-7-11-18/h2-14H,15-16H2,1H3. The molecule has 1 amide bonds. The lowest BCUT2D eigenvalue weighted by molar-refractivity contribution is 0.0729. The van der Waals surface area contributed by atoms with Gasteiger partial charge in [-0.2, -0.15) is 0 Å².